The van der Waals surface area contributed by atoms with Crippen LogP contribution in [0.4, 0.5) is 20.5 Å². The maximum atomic E-state index is 13.0. The summed E-state index contributed by atoms with van der Waals surface area (Å²) < 4.78 is 27.2. The molecule has 3 N–H and O–H groups in total. The van der Waals surface area contributed by atoms with Crippen molar-refractivity contribution in [2.75, 3.05) is 23.7 Å². The van der Waals surface area contributed by atoms with Gasteiger partial charge in [-0.05, 0) is 24.6 Å². The molecule has 4 rings (SSSR count). The fraction of sp³-hybridized carbons (Fsp3) is 0.400. The van der Waals surface area contributed by atoms with Gasteiger partial charge in [0.25, 0.3) is 6.43 Å². The maximum Gasteiger partial charge on any atom is 0.257 e. The number of nitrogens with one attached hydrogen (secondary N) is 2. The first-order valence-electron chi connectivity index (χ1n) is 9.76. The van der Waals surface area contributed by atoms with Gasteiger partial charge >= 0.3 is 0 Å². The molecule has 4 heterocycles. The number of anilines is 2. The van der Waals surface area contributed by atoms with E-state index in [1.807, 2.05) is 6.07 Å². The fourth-order valence-electron chi connectivity index (χ4n) is 3.38. The predicted octanol–water partition coefficient (Wildman–Crippen LogP) is 2.99. The SMILES string of the molecule is C[C@H](O)CNc1nccc(-c2cn(CC(F)F)nc2-c2cnc3c(c2)[C@@H](C)CN3)n1. The molecule has 2 atom stereocenters. The molecule has 0 saturated carbocycles. The Labute approximate surface area is 172 Å². The molecule has 3 aromatic rings. The first kappa shape index (κ1) is 20.1. The Morgan fingerprint density at radius 1 is 1.37 bits per heavy atom. The average molecular weight is 415 g/mol. The van der Waals surface area contributed by atoms with E-state index in [9.17, 15) is 13.9 Å². The van der Waals surface area contributed by atoms with E-state index in [1.54, 1.807) is 31.6 Å². The third kappa shape index (κ3) is 4.23. The van der Waals surface area contributed by atoms with Crippen molar-refractivity contribution in [3.8, 4) is 22.5 Å². The van der Waals surface area contributed by atoms with Crippen LogP contribution in [-0.2, 0) is 6.54 Å². The molecule has 0 saturated heterocycles. The molecule has 0 amide bonds. The first-order valence-corrected chi connectivity index (χ1v) is 9.76. The van der Waals surface area contributed by atoms with Crippen molar-refractivity contribution in [1.29, 1.82) is 0 Å². The van der Waals surface area contributed by atoms with Gasteiger partial charge in [0.15, 0.2) is 0 Å². The van der Waals surface area contributed by atoms with E-state index in [4.69, 9.17) is 0 Å². The topological polar surface area (TPSA) is 101 Å². The lowest BCUT2D eigenvalue weighted by Crippen LogP contribution is -2.16. The second kappa shape index (κ2) is 8.31. The third-order valence-corrected chi connectivity index (χ3v) is 4.87. The number of aliphatic hydroxyl groups excluding tert-OH is 1. The van der Waals surface area contributed by atoms with Crippen molar-refractivity contribution in [2.24, 2.45) is 0 Å². The van der Waals surface area contributed by atoms with Gasteiger partial charge in [-0.15, -0.1) is 0 Å². The molecule has 10 heteroatoms. The zero-order valence-electron chi connectivity index (χ0n) is 16.7. The third-order valence-electron chi connectivity index (χ3n) is 4.87. The second-order valence-corrected chi connectivity index (χ2v) is 7.44. The minimum Gasteiger partial charge on any atom is -0.392 e. The number of halogens is 2. The van der Waals surface area contributed by atoms with Gasteiger partial charge in [-0.1, -0.05) is 6.92 Å². The molecule has 1 aliphatic heterocycles. The van der Waals surface area contributed by atoms with Crippen LogP contribution in [0.25, 0.3) is 22.5 Å². The molecule has 158 valence electrons. The van der Waals surface area contributed by atoms with E-state index in [0.717, 1.165) is 23.5 Å². The highest BCUT2D eigenvalue weighted by atomic mass is 19.3. The molecule has 0 aliphatic carbocycles. The van der Waals surface area contributed by atoms with Crippen LogP contribution in [-0.4, -0.2) is 55.5 Å². The van der Waals surface area contributed by atoms with Crippen LogP contribution in [0.1, 0.15) is 25.3 Å². The monoisotopic (exact) mass is 415 g/mol. The number of rotatable bonds is 7. The van der Waals surface area contributed by atoms with Crippen molar-refractivity contribution < 1.29 is 13.9 Å². The minimum absolute atomic E-state index is 0.292. The van der Waals surface area contributed by atoms with E-state index >= 15 is 0 Å². The van der Waals surface area contributed by atoms with Gasteiger partial charge in [0.2, 0.25) is 5.95 Å². The molecule has 0 bridgehead atoms. The number of alkyl halides is 2. The Hall–Kier alpha value is -3.14. The first-order chi connectivity index (χ1) is 14.4. The van der Waals surface area contributed by atoms with Gasteiger partial charge in [0.1, 0.15) is 18.1 Å². The van der Waals surface area contributed by atoms with Crippen molar-refractivity contribution in [3.63, 3.8) is 0 Å². The molecule has 0 spiro atoms. The van der Waals surface area contributed by atoms with Crippen molar-refractivity contribution in [1.82, 2.24) is 24.7 Å². The van der Waals surface area contributed by atoms with Gasteiger partial charge in [-0.3, -0.25) is 4.68 Å². The molecule has 3 aromatic heterocycles. The zero-order valence-corrected chi connectivity index (χ0v) is 16.7. The van der Waals surface area contributed by atoms with Gasteiger partial charge < -0.3 is 15.7 Å². The van der Waals surface area contributed by atoms with Crippen molar-refractivity contribution in [2.45, 2.75) is 38.8 Å². The highest BCUT2D eigenvalue weighted by molar-refractivity contribution is 5.79. The number of aromatic nitrogens is 5. The number of hydrogen-bond donors (Lipinski definition) is 3. The summed E-state index contributed by atoms with van der Waals surface area (Å²) in [4.78, 5) is 13.1. The summed E-state index contributed by atoms with van der Waals surface area (Å²) in [6, 6.07) is 3.70. The van der Waals surface area contributed by atoms with Crippen LogP contribution in [0.2, 0.25) is 0 Å². The lowest BCUT2D eigenvalue weighted by atomic mass is 10.0. The lowest BCUT2D eigenvalue weighted by Gasteiger charge is -2.09. The normalized spacial score (nSPS) is 16.4. The molecular formula is C20H23F2N7O. The molecular weight excluding hydrogens is 392 g/mol. The van der Waals surface area contributed by atoms with Gasteiger partial charge in [0, 0.05) is 48.7 Å². The van der Waals surface area contributed by atoms with Crippen LogP contribution in [0.3, 0.4) is 0 Å². The largest absolute Gasteiger partial charge is 0.392 e. The highest BCUT2D eigenvalue weighted by Gasteiger charge is 2.23. The summed E-state index contributed by atoms with van der Waals surface area (Å²) in [5.74, 6) is 1.48. The number of nitrogens with zero attached hydrogens (tertiary/aromatic N) is 5. The number of hydrogen-bond acceptors (Lipinski definition) is 7. The molecule has 0 aromatic carbocycles. The fourth-order valence-corrected chi connectivity index (χ4v) is 3.38. The van der Waals surface area contributed by atoms with Crippen LogP contribution < -0.4 is 10.6 Å². The summed E-state index contributed by atoms with van der Waals surface area (Å²) in [5.41, 5.74) is 3.50. The number of fused-ring (bicyclic) bond motifs is 1. The average Bonchev–Trinajstić information content (AvgIpc) is 3.30. The van der Waals surface area contributed by atoms with E-state index in [2.05, 4.69) is 37.6 Å². The summed E-state index contributed by atoms with van der Waals surface area (Å²) in [6.07, 6.45) is 1.75. The molecule has 0 fully saturated rings. The maximum absolute atomic E-state index is 13.0. The van der Waals surface area contributed by atoms with Crippen LogP contribution >= 0.6 is 0 Å². The minimum atomic E-state index is -2.53. The molecule has 0 radical (unpaired) electrons. The highest BCUT2D eigenvalue weighted by Crippen LogP contribution is 2.35. The summed E-state index contributed by atoms with van der Waals surface area (Å²) in [6.45, 7) is 4.34. The Balaban J connectivity index is 1.76. The Bertz CT molecular complexity index is 1040. The summed E-state index contributed by atoms with van der Waals surface area (Å²) >= 11 is 0. The van der Waals surface area contributed by atoms with E-state index < -0.39 is 19.1 Å². The quantitative estimate of drug-likeness (QED) is 0.545. The standard InChI is InChI=1S/C20H23F2N7O/c1-11-6-24-19-14(11)5-13(8-25-19)18-15(9-29(28-18)10-17(21)22)16-3-4-23-20(27-16)26-7-12(2)30/h3-5,8-9,11-12,17,30H,6-7,10H2,1-2H3,(H,24,25)(H,23,26,27)/t11-,12-/m0/s1. The van der Waals surface area contributed by atoms with Gasteiger partial charge in [-0.2, -0.15) is 5.10 Å². The summed E-state index contributed by atoms with van der Waals surface area (Å²) in [5, 5.41) is 20.1. The summed E-state index contributed by atoms with van der Waals surface area (Å²) in [7, 11) is 0. The van der Waals surface area contributed by atoms with Crippen molar-refractivity contribution in [3.05, 3.63) is 36.3 Å². The van der Waals surface area contributed by atoms with E-state index in [1.165, 1.54) is 4.68 Å². The lowest BCUT2D eigenvalue weighted by molar-refractivity contribution is 0.122. The molecule has 1 aliphatic rings. The van der Waals surface area contributed by atoms with Gasteiger partial charge in [0.05, 0.1) is 11.8 Å². The Morgan fingerprint density at radius 3 is 2.97 bits per heavy atom. The second-order valence-electron chi connectivity index (χ2n) is 7.44. The predicted molar refractivity (Wildman–Crippen MR) is 110 cm³/mol. The number of pyridine rings is 1. The molecule has 0 unspecified atom stereocenters. The van der Waals surface area contributed by atoms with E-state index in [-0.39, 0.29) is 0 Å². The Morgan fingerprint density at radius 2 is 2.20 bits per heavy atom. The Kier molecular flexibility index (Phi) is 5.58. The smallest absolute Gasteiger partial charge is 0.257 e. The molecule has 30 heavy (non-hydrogen) atoms. The van der Waals surface area contributed by atoms with Crippen molar-refractivity contribution >= 4 is 11.8 Å². The van der Waals surface area contributed by atoms with Crippen LogP contribution in [0, 0.1) is 0 Å². The van der Waals surface area contributed by atoms with Crippen LogP contribution in [0.5, 0.6) is 0 Å². The molecule has 8 nitrogen and oxygen atoms in total. The van der Waals surface area contributed by atoms with Gasteiger partial charge in [-0.25, -0.2) is 23.7 Å². The van der Waals surface area contributed by atoms with E-state index in [0.29, 0.717) is 35.4 Å². The number of aliphatic hydroxyl groups is 1. The zero-order chi connectivity index (χ0) is 21.3. The van der Waals surface area contributed by atoms with Crippen LogP contribution in [0.15, 0.2) is 30.7 Å².